The van der Waals surface area contributed by atoms with Crippen molar-refractivity contribution in [3.8, 4) is 0 Å². The number of amides is 1. The number of nitrogens with one attached hydrogen (secondary N) is 2. The number of alkyl halides is 3. The van der Waals surface area contributed by atoms with Crippen LogP contribution in [0.5, 0.6) is 0 Å². The highest BCUT2D eigenvalue weighted by Gasteiger charge is 2.33. The first-order valence-electron chi connectivity index (χ1n) is 8.45. The minimum Gasteiger partial charge on any atom is -0.375 e. The van der Waals surface area contributed by atoms with E-state index in [-0.39, 0.29) is 12.2 Å². The molecule has 0 saturated carbocycles. The van der Waals surface area contributed by atoms with Gasteiger partial charge in [0.1, 0.15) is 0 Å². The monoisotopic (exact) mass is 402 g/mol. The summed E-state index contributed by atoms with van der Waals surface area (Å²) < 4.78 is 39.1. The number of para-hydroxylation sites is 2. The van der Waals surface area contributed by atoms with Gasteiger partial charge < -0.3 is 10.6 Å². The standard InChI is InChI=1S/C21H17F3N2OS/c22-21(23,24)16-10-4-5-11-17(16)26-20(27)14-25-18-12-6-7-13-19(18)28-15-8-2-1-3-9-15/h1-13,25H,14H2,(H,26,27). The van der Waals surface area contributed by atoms with Crippen molar-refractivity contribution in [3.63, 3.8) is 0 Å². The van der Waals surface area contributed by atoms with Crippen LogP contribution in [0.2, 0.25) is 0 Å². The highest BCUT2D eigenvalue weighted by Crippen LogP contribution is 2.35. The fourth-order valence-electron chi connectivity index (χ4n) is 2.53. The van der Waals surface area contributed by atoms with Crippen molar-refractivity contribution in [3.05, 3.63) is 84.4 Å². The van der Waals surface area contributed by atoms with Crippen LogP contribution in [0, 0.1) is 0 Å². The van der Waals surface area contributed by atoms with Gasteiger partial charge in [0.25, 0.3) is 0 Å². The lowest BCUT2D eigenvalue weighted by atomic mass is 10.1. The smallest absolute Gasteiger partial charge is 0.375 e. The molecule has 3 aromatic rings. The Morgan fingerprint density at radius 3 is 2.14 bits per heavy atom. The quantitative estimate of drug-likeness (QED) is 0.539. The molecule has 0 spiro atoms. The molecule has 3 rings (SSSR count). The van der Waals surface area contributed by atoms with Crippen LogP contribution in [-0.2, 0) is 11.0 Å². The van der Waals surface area contributed by atoms with Gasteiger partial charge in [-0.1, -0.05) is 54.2 Å². The molecule has 3 nitrogen and oxygen atoms in total. The highest BCUT2D eigenvalue weighted by molar-refractivity contribution is 7.99. The second-order valence-corrected chi connectivity index (χ2v) is 6.97. The van der Waals surface area contributed by atoms with E-state index in [1.54, 1.807) is 0 Å². The molecule has 28 heavy (non-hydrogen) atoms. The van der Waals surface area contributed by atoms with Gasteiger partial charge in [-0.25, -0.2) is 0 Å². The summed E-state index contributed by atoms with van der Waals surface area (Å²) in [6.07, 6.45) is -4.53. The number of carbonyl (C=O) groups is 1. The second-order valence-electron chi connectivity index (χ2n) is 5.86. The Labute approximate surface area is 165 Å². The zero-order chi connectivity index (χ0) is 20.0. The van der Waals surface area contributed by atoms with Crippen LogP contribution in [0.3, 0.4) is 0 Å². The molecule has 0 bridgehead atoms. The van der Waals surface area contributed by atoms with E-state index in [9.17, 15) is 18.0 Å². The highest BCUT2D eigenvalue weighted by atomic mass is 32.2. The van der Waals surface area contributed by atoms with Crippen LogP contribution < -0.4 is 10.6 Å². The molecule has 0 fully saturated rings. The van der Waals surface area contributed by atoms with Gasteiger partial charge in [-0.15, -0.1) is 0 Å². The summed E-state index contributed by atoms with van der Waals surface area (Å²) >= 11 is 1.53. The molecule has 0 atom stereocenters. The normalized spacial score (nSPS) is 11.1. The van der Waals surface area contributed by atoms with Crippen LogP contribution in [0.1, 0.15) is 5.56 Å². The number of benzene rings is 3. The van der Waals surface area contributed by atoms with E-state index in [0.29, 0.717) is 0 Å². The molecule has 0 aliphatic heterocycles. The van der Waals surface area contributed by atoms with E-state index >= 15 is 0 Å². The van der Waals surface area contributed by atoms with E-state index in [1.807, 2.05) is 54.6 Å². The van der Waals surface area contributed by atoms with Gasteiger partial charge in [0.2, 0.25) is 5.91 Å². The van der Waals surface area contributed by atoms with E-state index in [2.05, 4.69) is 10.6 Å². The molecule has 0 saturated heterocycles. The number of hydrogen-bond acceptors (Lipinski definition) is 3. The Kier molecular flexibility index (Phi) is 6.26. The molecule has 0 radical (unpaired) electrons. The number of anilines is 2. The summed E-state index contributed by atoms with van der Waals surface area (Å²) in [5.41, 5.74) is -0.396. The molecule has 2 N–H and O–H groups in total. The minimum absolute atomic E-state index is 0.154. The minimum atomic E-state index is -4.53. The lowest BCUT2D eigenvalue weighted by Crippen LogP contribution is -2.23. The Balaban J connectivity index is 1.66. The largest absolute Gasteiger partial charge is 0.418 e. The lowest BCUT2D eigenvalue weighted by Gasteiger charge is -2.15. The van der Waals surface area contributed by atoms with Crippen molar-refractivity contribution in [2.75, 3.05) is 17.2 Å². The van der Waals surface area contributed by atoms with Crippen molar-refractivity contribution in [1.29, 1.82) is 0 Å². The van der Waals surface area contributed by atoms with Gasteiger partial charge in [-0.3, -0.25) is 4.79 Å². The zero-order valence-electron chi connectivity index (χ0n) is 14.7. The lowest BCUT2D eigenvalue weighted by molar-refractivity contribution is -0.137. The first-order chi connectivity index (χ1) is 13.4. The molecular weight excluding hydrogens is 385 g/mol. The average molecular weight is 402 g/mol. The summed E-state index contributed by atoms with van der Waals surface area (Å²) in [5.74, 6) is -0.559. The van der Waals surface area contributed by atoms with Crippen molar-refractivity contribution in [2.45, 2.75) is 16.0 Å². The molecular formula is C21H17F3N2OS. The predicted molar refractivity (Wildman–Crippen MR) is 106 cm³/mol. The third-order valence-electron chi connectivity index (χ3n) is 3.80. The van der Waals surface area contributed by atoms with Crippen molar-refractivity contribution in [2.24, 2.45) is 0 Å². The van der Waals surface area contributed by atoms with Crippen molar-refractivity contribution < 1.29 is 18.0 Å². The number of halogens is 3. The summed E-state index contributed by atoms with van der Waals surface area (Å²) in [6.45, 7) is -0.154. The first-order valence-corrected chi connectivity index (χ1v) is 9.27. The Morgan fingerprint density at radius 1 is 0.821 bits per heavy atom. The maximum Gasteiger partial charge on any atom is 0.418 e. The molecule has 0 aliphatic rings. The number of rotatable bonds is 6. The third-order valence-corrected chi connectivity index (χ3v) is 4.89. The van der Waals surface area contributed by atoms with Gasteiger partial charge >= 0.3 is 6.18 Å². The van der Waals surface area contributed by atoms with Crippen molar-refractivity contribution in [1.82, 2.24) is 0 Å². The maximum absolute atomic E-state index is 13.0. The summed E-state index contributed by atoms with van der Waals surface area (Å²) in [6, 6.07) is 22.1. The second kappa shape index (κ2) is 8.84. The zero-order valence-corrected chi connectivity index (χ0v) is 15.5. The van der Waals surface area contributed by atoms with Gasteiger partial charge in [0, 0.05) is 15.5 Å². The topological polar surface area (TPSA) is 41.1 Å². The number of carbonyl (C=O) groups excluding carboxylic acids is 1. The summed E-state index contributed by atoms with van der Waals surface area (Å²) in [7, 11) is 0. The Hall–Kier alpha value is -2.93. The Bertz CT molecular complexity index is 946. The van der Waals surface area contributed by atoms with Crippen molar-refractivity contribution >= 4 is 29.0 Å². The van der Waals surface area contributed by atoms with E-state index in [1.165, 1.54) is 30.0 Å². The Morgan fingerprint density at radius 2 is 1.43 bits per heavy atom. The maximum atomic E-state index is 13.0. The van der Waals surface area contributed by atoms with Crippen LogP contribution in [-0.4, -0.2) is 12.5 Å². The molecule has 7 heteroatoms. The number of hydrogen-bond donors (Lipinski definition) is 2. The van der Waals surface area contributed by atoms with E-state index in [0.717, 1.165) is 21.5 Å². The molecule has 0 aliphatic carbocycles. The van der Waals surface area contributed by atoms with Gasteiger partial charge in [-0.05, 0) is 36.4 Å². The molecule has 0 aromatic heterocycles. The summed E-state index contributed by atoms with van der Waals surface area (Å²) in [5, 5.41) is 5.33. The predicted octanol–water partition coefficient (Wildman–Crippen LogP) is 5.91. The SMILES string of the molecule is O=C(CNc1ccccc1Sc1ccccc1)Nc1ccccc1C(F)(F)F. The first kappa shape index (κ1) is 19.8. The van der Waals surface area contributed by atoms with Gasteiger partial charge in [0.05, 0.1) is 17.8 Å². The van der Waals surface area contributed by atoms with Crippen LogP contribution >= 0.6 is 11.8 Å². The van der Waals surface area contributed by atoms with Crippen LogP contribution in [0.4, 0.5) is 24.5 Å². The average Bonchev–Trinajstić information content (AvgIpc) is 2.68. The fourth-order valence-corrected chi connectivity index (χ4v) is 3.47. The summed E-state index contributed by atoms with van der Waals surface area (Å²) in [4.78, 5) is 14.1. The van der Waals surface area contributed by atoms with Crippen LogP contribution in [0.15, 0.2) is 88.7 Å². The van der Waals surface area contributed by atoms with Gasteiger partial charge in [0.15, 0.2) is 0 Å². The van der Waals surface area contributed by atoms with E-state index in [4.69, 9.17) is 0 Å². The molecule has 0 unspecified atom stereocenters. The molecule has 144 valence electrons. The van der Waals surface area contributed by atoms with E-state index < -0.39 is 17.6 Å². The molecule has 3 aromatic carbocycles. The third kappa shape index (κ3) is 5.29. The van der Waals surface area contributed by atoms with Crippen LogP contribution in [0.25, 0.3) is 0 Å². The fraction of sp³-hybridized carbons (Fsp3) is 0.0952. The van der Waals surface area contributed by atoms with Gasteiger partial charge in [-0.2, -0.15) is 13.2 Å². The molecule has 1 amide bonds. The molecule has 0 heterocycles.